The molecule has 0 aromatic heterocycles. The van der Waals surface area contributed by atoms with E-state index in [1.165, 1.54) is 12.8 Å². The first-order chi connectivity index (χ1) is 5.27. The second kappa shape index (κ2) is 2.48. The van der Waals surface area contributed by atoms with Crippen LogP contribution in [0.1, 0.15) is 25.7 Å². The number of hydrogen-bond donors (Lipinski definition) is 2. The number of rotatable bonds is 1. The summed E-state index contributed by atoms with van der Waals surface area (Å²) < 4.78 is 0. The Labute approximate surface area is 65.8 Å². The van der Waals surface area contributed by atoms with E-state index in [0.29, 0.717) is 6.04 Å². The molecule has 3 atom stereocenters. The summed E-state index contributed by atoms with van der Waals surface area (Å²) in [5.74, 6) is -0.727. The van der Waals surface area contributed by atoms with Crippen LogP contribution in [0.4, 0.5) is 0 Å². The standard InChI is InChI=1S/C8H13NO2/c10-8(11)6-4-5-2-1-3-7(6)9-5/h5-7,9H,1-4H2,(H,10,11)/t5?,6-,7?/m0/s1. The minimum atomic E-state index is -0.619. The fourth-order valence-electron chi connectivity index (χ4n) is 2.30. The summed E-state index contributed by atoms with van der Waals surface area (Å²) in [6, 6.07) is 0.765. The van der Waals surface area contributed by atoms with Crippen LogP contribution in [-0.4, -0.2) is 23.2 Å². The molecule has 0 aliphatic carbocycles. The predicted octanol–water partition coefficient (Wildman–Crippen LogP) is 0.602. The number of hydrogen-bond acceptors (Lipinski definition) is 2. The first kappa shape index (κ1) is 7.10. The van der Waals surface area contributed by atoms with E-state index in [-0.39, 0.29) is 12.0 Å². The maximum atomic E-state index is 10.7. The van der Waals surface area contributed by atoms with Gasteiger partial charge in [0.05, 0.1) is 5.92 Å². The topological polar surface area (TPSA) is 49.3 Å². The second-order valence-electron chi connectivity index (χ2n) is 3.58. The van der Waals surface area contributed by atoms with Gasteiger partial charge in [-0.2, -0.15) is 0 Å². The highest BCUT2D eigenvalue weighted by molar-refractivity contribution is 5.71. The van der Waals surface area contributed by atoms with Crippen molar-refractivity contribution >= 4 is 5.97 Å². The smallest absolute Gasteiger partial charge is 0.308 e. The first-order valence-electron chi connectivity index (χ1n) is 4.26. The fraction of sp³-hybridized carbons (Fsp3) is 0.875. The lowest BCUT2D eigenvalue weighted by atomic mass is 9.99. The van der Waals surface area contributed by atoms with Gasteiger partial charge in [0, 0.05) is 12.1 Å². The molecule has 2 aliphatic rings. The van der Waals surface area contributed by atoms with Crippen molar-refractivity contribution < 1.29 is 9.90 Å². The van der Waals surface area contributed by atoms with Crippen molar-refractivity contribution in [2.75, 3.05) is 0 Å². The number of fused-ring (bicyclic) bond motifs is 2. The van der Waals surface area contributed by atoms with Gasteiger partial charge >= 0.3 is 5.97 Å². The molecule has 0 radical (unpaired) electrons. The zero-order valence-corrected chi connectivity index (χ0v) is 6.42. The Morgan fingerprint density at radius 1 is 1.45 bits per heavy atom. The minimum absolute atomic E-state index is 0.109. The summed E-state index contributed by atoms with van der Waals surface area (Å²) in [5.41, 5.74) is 0. The number of piperidine rings is 1. The van der Waals surface area contributed by atoms with Crippen molar-refractivity contribution in [1.82, 2.24) is 5.32 Å². The zero-order valence-electron chi connectivity index (χ0n) is 6.42. The molecule has 0 amide bonds. The van der Waals surface area contributed by atoms with Gasteiger partial charge in [-0.1, -0.05) is 6.42 Å². The third-order valence-electron chi connectivity index (χ3n) is 2.86. The number of aliphatic carboxylic acids is 1. The Morgan fingerprint density at radius 3 is 2.91 bits per heavy atom. The van der Waals surface area contributed by atoms with E-state index in [1.807, 2.05) is 0 Å². The Balaban J connectivity index is 2.08. The number of carboxylic acid groups (broad SMARTS) is 1. The van der Waals surface area contributed by atoms with Gasteiger partial charge in [0.25, 0.3) is 0 Å². The van der Waals surface area contributed by atoms with Crippen LogP contribution in [0.25, 0.3) is 0 Å². The maximum absolute atomic E-state index is 10.7. The number of carbonyl (C=O) groups is 1. The predicted molar refractivity (Wildman–Crippen MR) is 40.3 cm³/mol. The average Bonchev–Trinajstić information content (AvgIpc) is 2.27. The molecule has 0 aromatic carbocycles. The molecule has 2 bridgehead atoms. The molecule has 2 heterocycles. The van der Waals surface area contributed by atoms with Gasteiger partial charge in [0.1, 0.15) is 0 Å². The van der Waals surface area contributed by atoms with Gasteiger partial charge in [-0.3, -0.25) is 4.79 Å². The molecule has 0 saturated carbocycles. The summed E-state index contributed by atoms with van der Waals surface area (Å²) in [7, 11) is 0. The lowest BCUT2D eigenvalue weighted by molar-refractivity contribution is -0.142. The van der Waals surface area contributed by atoms with Crippen LogP contribution in [-0.2, 0) is 4.79 Å². The van der Waals surface area contributed by atoms with E-state index in [4.69, 9.17) is 5.11 Å². The lowest BCUT2D eigenvalue weighted by Gasteiger charge is -2.21. The molecule has 2 unspecified atom stereocenters. The van der Waals surface area contributed by atoms with Crippen LogP contribution in [0.3, 0.4) is 0 Å². The summed E-state index contributed by atoms with van der Waals surface area (Å²) in [6.07, 6.45) is 4.26. The van der Waals surface area contributed by atoms with Crippen molar-refractivity contribution in [3.8, 4) is 0 Å². The van der Waals surface area contributed by atoms with Gasteiger partial charge in [-0.05, 0) is 19.3 Å². The van der Waals surface area contributed by atoms with E-state index in [9.17, 15) is 4.79 Å². The van der Waals surface area contributed by atoms with Crippen molar-refractivity contribution in [2.45, 2.75) is 37.8 Å². The lowest BCUT2D eigenvalue weighted by Crippen LogP contribution is -2.36. The van der Waals surface area contributed by atoms with Gasteiger partial charge in [-0.15, -0.1) is 0 Å². The van der Waals surface area contributed by atoms with Gasteiger partial charge in [0.2, 0.25) is 0 Å². The minimum Gasteiger partial charge on any atom is -0.481 e. The molecule has 2 saturated heterocycles. The van der Waals surface area contributed by atoms with E-state index in [0.717, 1.165) is 12.8 Å². The van der Waals surface area contributed by atoms with Crippen LogP contribution in [0.2, 0.25) is 0 Å². The fourth-order valence-corrected chi connectivity index (χ4v) is 2.30. The Bertz CT molecular complexity index is 181. The molecule has 2 aliphatic heterocycles. The summed E-state index contributed by atoms with van der Waals surface area (Å²) in [5, 5.41) is 12.2. The normalized spacial score (nSPS) is 42.4. The number of carboxylic acids is 1. The first-order valence-corrected chi connectivity index (χ1v) is 4.26. The van der Waals surface area contributed by atoms with Crippen molar-refractivity contribution in [1.29, 1.82) is 0 Å². The Morgan fingerprint density at radius 2 is 2.27 bits per heavy atom. The van der Waals surface area contributed by atoms with Gasteiger partial charge < -0.3 is 10.4 Å². The molecule has 2 fully saturated rings. The monoisotopic (exact) mass is 155 g/mol. The van der Waals surface area contributed by atoms with Gasteiger partial charge in [-0.25, -0.2) is 0 Å². The highest BCUT2D eigenvalue weighted by atomic mass is 16.4. The molecular formula is C8H13NO2. The third kappa shape index (κ3) is 1.13. The second-order valence-corrected chi connectivity index (χ2v) is 3.58. The molecule has 3 nitrogen and oxygen atoms in total. The summed E-state index contributed by atoms with van der Waals surface area (Å²) in [4.78, 5) is 10.7. The van der Waals surface area contributed by atoms with Crippen LogP contribution in [0.5, 0.6) is 0 Å². The SMILES string of the molecule is O=C(O)[C@H]1CC2CCCC1N2. The highest BCUT2D eigenvalue weighted by Crippen LogP contribution is 2.31. The highest BCUT2D eigenvalue weighted by Gasteiger charge is 2.40. The van der Waals surface area contributed by atoms with Crippen molar-refractivity contribution in [3.63, 3.8) is 0 Å². The largest absolute Gasteiger partial charge is 0.481 e. The van der Waals surface area contributed by atoms with Crippen LogP contribution < -0.4 is 5.32 Å². The molecule has 2 rings (SSSR count). The van der Waals surface area contributed by atoms with Crippen LogP contribution in [0.15, 0.2) is 0 Å². The Kier molecular flexibility index (Phi) is 1.60. The summed E-state index contributed by atoms with van der Waals surface area (Å²) >= 11 is 0. The van der Waals surface area contributed by atoms with Gasteiger partial charge in [0.15, 0.2) is 0 Å². The molecule has 11 heavy (non-hydrogen) atoms. The quantitative estimate of drug-likeness (QED) is 0.583. The number of nitrogens with one attached hydrogen (secondary N) is 1. The van der Waals surface area contributed by atoms with E-state index < -0.39 is 5.97 Å². The Hall–Kier alpha value is -0.570. The molecule has 62 valence electrons. The van der Waals surface area contributed by atoms with E-state index >= 15 is 0 Å². The molecule has 2 N–H and O–H groups in total. The van der Waals surface area contributed by atoms with Crippen molar-refractivity contribution in [3.05, 3.63) is 0 Å². The third-order valence-corrected chi connectivity index (χ3v) is 2.86. The molecular weight excluding hydrogens is 142 g/mol. The zero-order chi connectivity index (χ0) is 7.84. The molecule has 0 aromatic rings. The van der Waals surface area contributed by atoms with E-state index in [1.54, 1.807) is 0 Å². The summed E-state index contributed by atoms with van der Waals surface area (Å²) in [6.45, 7) is 0. The average molecular weight is 155 g/mol. The van der Waals surface area contributed by atoms with Crippen LogP contribution >= 0.6 is 0 Å². The maximum Gasteiger partial charge on any atom is 0.308 e. The molecule has 3 heteroatoms. The van der Waals surface area contributed by atoms with E-state index in [2.05, 4.69) is 5.32 Å². The molecule has 0 spiro atoms. The van der Waals surface area contributed by atoms with Crippen LogP contribution in [0, 0.1) is 5.92 Å². The van der Waals surface area contributed by atoms with Crippen molar-refractivity contribution in [2.24, 2.45) is 5.92 Å².